The van der Waals surface area contributed by atoms with Crippen LogP contribution in [0.4, 0.5) is 0 Å². The molecule has 0 aromatic heterocycles. The first-order chi connectivity index (χ1) is 8.90. The number of rotatable bonds is 7. The average molecular weight is 248 g/mol. The van der Waals surface area contributed by atoms with Crippen molar-refractivity contribution in [2.75, 3.05) is 19.8 Å². The van der Waals surface area contributed by atoms with E-state index in [-0.39, 0.29) is 0 Å². The van der Waals surface area contributed by atoms with Crippen molar-refractivity contribution in [1.82, 2.24) is 0 Å². The topological polar surface area (TPSA) is 35.1 Å². The average Bonchev–Trinajstić information content (AvgIpc) is 2.91. The predicted molar refractivity (Wildman–Crippen MR) is 71.6 cm³/mol. The maximum absolute atomic E-state index is 5.64. The Hall–Kier alpha value is -1.32. The van der Waals surface area contributed by atoms with Gasteiger partial charge in [-0.15, -0.1) is 0 Å². The van der Waals surface area contributed by atoms with Crippen LogP contribution in [0.5, 0.6) is 5.75 Å². The second-order valence-corrected chi connectivity index (χ2v) is 4.57. The predicted octanol–water partition coefficient (Wildman–Crippen LogP) is 1.49. The van der Waals surface area contributed by atoms with Gasteiger partial charge in [0.05, 0.1) is 0 Å². The highest BCUT2D eigenvalue weighted by molar-refractivity contribution is 5.32. The Bertz CT molecular complexity index is 373. The Morgan fingerprint density at radius 3 is 3.11 bits per heavy atom. The van der Waals surface area contributed by atoms with Crippen LogP contribution in [0.25, 0.3) is 0 Å². The van der Waals surface area contributed by atoms with E-state index in [0.717, 1.165) is 25.4 Å². The van der Waals surface area contributed by atoms with Crippen molar-refractivity contribution in [1.29, 1.82) is 0 Å². The van der Waals surface area contributed by atoms with Gasteiger partial charge in [-0.1, -0.05) is 24.8 Å². The van der Waals surface area contributed by atoms with Crippen LogP contribution >= 0.6 is 0 Å². The number of quaternary nitrogens is 1. The second-order valence-electron chi connectivity index (χ2n) is 4.57. The van der Waals surface area contributed by atoms with E-state index >= 15 is 0 Å². The van der Waals surface area contributed by atoms with E-state index < -0.39 is 0 Å². The van der Waals surface area contributed by atoms with Gasteiger partial charge >= 0.3 is 0 Å². The van der Waals surface area contributed by atoms with E-state index in [1.165, 1.54) is 18.4 Å². The minimum Gasteiger partial charge on any atom is -0.489 e. The molecule has 1 aliphatic heterocycles. The number of hydrogen-bond acceptors (Lipinski definition) is 2. The van der Waals surface area contributed by atoms with Crippen molar-refractivity contribution in [3.8, 4) is 5.75 Å². The lowest BCUT2D eigenvalue weighted by Gasteiger charge is -2.11. The lowest BCUT2D eigenvalue weighted by molar-refractivity contribution is -0.676. The fourth-order valence-electron chi connectivity index (χ4n) is 2.22. The summed E-state index contributed by atoms with van der Waals surface area (Å²) in [7, 11) is 0. The molecular weight excluding hydrogens is 226 g/mol. The largest absolute Gasteiger partial charge is 0.489 e. The molecule has 3 nitrogen and oxygen atoms in total. The Kier molecular flexibility index (Phi) is 5.24. The summed E-state index contributed by atoms with van der Waals surface area (Å²) in [6.07, 6.45) is 4.61. The van der Waals surface area contributed by atoms with Crippen molar-refractivity contribution < 1.29 is 14.8 Å². The van der Waals surface area contributed by atoms with Crippen LogP contribution in [0.15, 0.2) is 36.9 Å². The van der Waals surface area contributed by atoms with E-state index in [4.69, 9.17) is 9.47 Å². The molecule has 1 saturated heterocycles. The second kappa shape index (κ2) is 7.19. The molecule has 0 aliphatic carbocycles. The Balaban J connectivity index is 1.81. The van der Waals surface area contributed by atoms with Gasteiger partial charge in [0, 0.05) is 12.2 Å². The van der Waals surface area contributed by atoms with E-state index in [1.54, 1.807) is 6.08 Å². The Labute approximate surface area is 109 Å². The maximum atomic E-state index is 5.64. The zero-order valence-electron chi connectivity index (χ0n) is 10.8. The quantitative estimate of drug-likeness (QED) is 0.742. The van der Waals surface area contributed by atoms with Crippen LogP contribution in [0.3, 0.4) is 0 Å². The fraction of sp³-hybridized carbons (Fsp3) is 0.467. The van der Waals surface area contributed by atoms with Gasteiger partial charge in [-0.2, -0.15) is 0 Å². The lowest BCUT2D eigenvalue weighted by atomic mass is 10.2. The number of para-hydroxylation sites is 1. The van der Waals surface area contributed by atoms with E-state index in [9.17, 15) is 0 Å². The van der Waals surface area contributed by atoms with Gasteiger partial charge in [-0.05, 0) is 25.0 Å². The number of hydrogen-bond donors (Lipinski definition) is 1. The first kappa shape index (κ1) is 13.1. The zero-order chi connectivity index (χ0) is 12.6. The minimum atomic E-state index is 0.436. The van der Waals surface area contributed by atoms with E-state index in [1.807, 2.05) is 12.1 Å². The summed E-state index contributed by atoms with van der Waals surface area (Å²) in [5.74, 6) is 0.959. The Morgan fingerprint density at radius 1 is 1.44 bits per heavy atom. The van der Waals surface area contributed by atoms with Crippen LogP contribution in [0.1, 0.15) is 18.4 Å². The highest BCUT2D eigenvalue weighted by atomic mass is 16.5. The first-order valence-electron chi connectivity index (χ1n) is 6.65. The van der Waals surface area contributed by atoms with E-state index in [2.05, 4.69) is 24.0 Å². The molecule has 0 bridgehead atoms. The summed E-state index contributed by atoms with van der Waals surface area (Å²) in [6.45, 7) is 7.13. The third-order valence-electron chi connectivity index (χ3n) is 3.15. The molecular formula is C15H22NO2+. The molecule has 98 valence electrons. The monoisotopic (exact) mass is 248 g/mol. The van der Waals surface area contributed by atoms with Crippen molar-refractivity contribution in [3.63, 3.8) is 0 Å². The highest BCUT2D eigenvalue weighted by Crippen LogP contribution is 2.16. The number of ether oxygens (including phenoxy) is 2. The van der Waals surface area contributed by atoms with Gasteiger partial charge < -0.3 is 14.8 Å². The molecule has 2 rings (SSSR count). The van der Waals surface area contributed by atoms with Crippen LogP contribution in [-0.4, -0.2) is 25.9 Å². The summed E-state index contributed by atoms with van der Waals surface area (Å²) in [4.78, 5) is 0. The van der Waals surface area contributed by atoms with Crippen LogP contribution in [0.2, 0.25) is 0 Å². The molecule has 0 amide bonds. The first-order valence-corrected chi connectivity index (χ1v) is 6.65. The van der Waals surface area contributed by atoms with Crippen LogP contribution in [0, 0.1) is 0 Å². The molecule has 3 heteroatoms. The van der Waals surface area contributed by atoms with Crippen molar-refractivity contribution in [2.45, 2.75) is 25.5 Å². The molecule has 0 saturated carbocycles. The highest BCUT2D eigenvalue weighted by Gasteiger charge is 2.17. The van der Waals surface area contributed by atoms with Gasteiger partial charge in [-0.25, -0.2) is 0 Å². The molecule has 0 unspecified atom stereocenters. The van der Waals surface area contributed by atoms with Gasteiger partial charge in [0.2, 0.25) is 0 Å². The third kappa shape index (κ3) is 3.86. The van der Waals surface area contributed by atoms with Crippen molar-refractivity contribution in [3.05, 3.63) is 42.5 Å². The standard InChI is InChI=1S/C15H21NO2/c1-2-9-18-15-8-4-3-6-13(15)11-16-12-14-7-5-10-17-14/h2-4,6,8,14,16H,1,5,7,9-12H2/p+1/t14-/m0/s1. The summed E-state index contributed by atoms with van der Waals surface area (Å²) in [5.41, 5.74) is 1.23. The summed E-state index contributed by atoms with van der Waals surface area (Å²) < 4.78 is 11.2. The maximum Gasteiger partial charge on any atom is 0.128 e. The molecule has 1 heterocycles. The molecule has 0 spiro atoms. The molecule has 1 aromatic rings. The molecule has 2 N–H and O–H groups in total. The SMILES string of the molecule is C=CCOc1ccccc1C[NH2+]C[C@@H]1CCCO1. The third-order valence-corrected chi connectivity index (χ3v) is 3.15. The van der Waals surface area contributed by atoms with Gasteiger partial charge in [0.25, 0.3) is 0 Å². The smallest absolute Gasteiger partial charge is 0.128 e. The molecule has 1 fully saturated rings. The molecule has 1 aliphatic rings. The molecule has 18 heavy (non-hydrogen) atoms. The number of nitrogens with two attached hydrogens (primary N) is 1. The van der Waals surface area contributed by atoms with E-state index in [0.29, 0.717) is 12.7 Å². The fourth-order valence-corrected chi connectivity index (χ4v) is 2.22. The lowest BCUT2D eigenvalue weighted by Crippen LogP contribution is -2.84. The zero-order valence-corrected chi connectivity index (χ0v) is 10.8. The summed E-state index contributed by atoms with van der Waals surface area (Å²) in [5, 5.41) is 2.30. The van der Waals surface area contributed by atoms with Gasteiger partial charge in [-0.3, -0.25) is 0 Å². The summed E-state index contributed by atoms with van der Waals surface area (Å²) >= 11 is 0. The van der Waals surface area contributed by atoms with Crippen molar-refractivity contribution in [2.24, 2.45) is 0 Å². The van der Waals surface area contributed by atoms with Crippen molar-refractivity contribution >= 4 is 0 Å². The normalized spacial score (nSPS) is 18.8. The van der Waals surface area contributed by atoms with Gasteiger partial charge in [0.1, 0.15) is 31.5 Å². The van der Waals surface area contributed by atoms with Crippen LogP contribution in [-0.2, 0) is 11.3 Å². The van der Waals surface area contributed by atoms with Crippen LogP contribution < -0.4 is 10.1 Å². The summed E-state index contributed by atoms with van der Waals surface area (Å²) in [6, 6.07) is 8.18. The Morgan fingerprint density at radius 2 is 2.33 bits per heavy atom. The molecule has 0 radical (unpaired) electrons. The molecule has 1 aromatic carbocycles. The molecule has 1 atom stereocenters. The minimum absolute atomic E-state index is 0.436. The van der Waals surface area contributed by atoms with Gasteiger partial charge in [0.15, 0.2) is 0 Å². The number of benzene rings is 1.